The predicted octanol–water partition coefficient (Wildman–Crippen LogP) is 3.33. The normalized spacial score (nSPS) is 11.6. The fraction of sp³-hybridized carbons (Fsp3) is 0.211. The molecular formula is C19H19NO5S. The van der Waals surface area contributed by atoms with Crippen molar-refractivity contribution in [3.05, 3.63) is 53.6 Å². The van der Waals surface area contributed by atoms with Gasteiger partial charge in [-0.05, 0) is 49.2 Å². The summed E-state index contributed by atoms with van der Waals surface area (Å²) in [6.45, 7) is 1.88. The van der Waals surface area contributed by atoms with Crippen LogP contribution in [0.15, 0.2) is 52.4 Å². The minimum atomic E-state index is -3.81. The van der Waals surface area contributed by atoms with Crippen molar-refractivity contribution in [2.75, 3.05) is 7.11 Å². The molecular weight excluding hydrogens is 354 g/mol. The van der Waals surface area contributed by atoms with Gasteiger partial charge in [0.15, 0.2) is 0 Å². The van der Waals surface area contributed by atoms with E-state index in [1.54, 1.807) is 42.5 Å². The number of methoxy groups -OCH3 is 1. The van der Waals surface area contributed by atoms with Gasteiger partial charge in [-0.25, -0.2) is 8.42 Å². The maximum absolute atomic E-state index is 13.1. The van der Waals surface area contributed by atoms with Crippen molar-refractivity contribution >= 4 is 26.7 Å². The molecule has 136 valence electrons. The van der Waals surface area contributed by atoms with Crippen LogP contribution in [0.2, 0.25) is 0 Å². The molecule has 0 bridgehead atoms. The van der Waals surface area contributed by atoms with Crippen LogP contribution in [0, 0.1) is 6.92 Å². The number of aromatic nitrogens is 1. The number of aryl methyl sites for hydroxylation is 2. The second kappa shape index (κ2) is 6.84. The zero-order chi connectivity index (χ0) is 18.9. The van der Waals surface area contributed by atoms with E-state index < -0.39 is 15.8 Å². The summed E-state index contributed by atoms with van der Waals surface area (Å²) in [7, 11) is -2.28. The maximum atomic E-state index is 13.1. The zero-order valence-electron chi connectivity index (χ0n) is 14.4. The summed E-state index contributed by atoms with van der Waals surface area (Å²) in [6, 6.07) is 11.7. The fourth-order valence-corrected chi connectivity index (χ4v) is 4.38. The van der Waals surface area contributed by atoms with E-state index in [0.29, 0.717) is 22.2 Å². The fourth-order valence-electron chi connectivity index (χ4n) is 2.87. The van der Waals surface area contributed by atoms with Crippen molar-refractivity contribution in [1.82, 2.24) is 4.98 Å². The van der Waals surface area contributed by atoms with Crippen LogP contribution < -0.4 is 4.74 Å². The lowest BCUT2D eigenvalue weighted by Gasteiger charge is -2.07. The lowest BCUT2D eigenvalue weighted by Crippen LogP contribution is -2.07. The summed E-state index contributed by atoms with van der Waals surface area (Å²) < 4.78 is 31.5. The number of aromatic amines is 1. The molecule has 0 radical (unpaired) electrons. The van der Waals surface area contributed by atoms with E-state index in [1.165, 1.54) is 7.11 Å². The number of sulfone groups is 1. The Hall–Kier alpha value is -2.80. The Kier molecular flexibility index (Phi) is 4.73. The van der Waals surface area contributed by atoms with Gasteiger partial charge in [-0.15, -0.1) is 0 Å². The number of hydrogen-bond acceptors (Lipinski definition) is 4. The van der Waals surface area contributed by atoms with Crippen molar-refractivity contribution in [2.24, 2.45) is 0 Å². The van der Waals surface area contributed by atoms with Gasteiger partial charge in [0.25, 0.3) is 0 Å². The third-order valence-corrected chi connectivity index (χ3v) is 6.04. The molecule has 0 spiro atoms. The molecule has 0 amide bonds. The lowest BCUT2D eigenvalue weighted by molar-refractivity contribution is -0.136. The first kappa shape index (κ1) is 18.0. The predicted molar refractivity (Wildman–Crippen MR) is 97.4 cm³/mol. The minimum Gasteiger partial charge on any atom is -0.497 e. The summed E-state index contributed by atoms with van der Waals surface area (Å²) in [6.07, 6.45) is -0.0660. The van der Waals surface area contributed by atoms with Gasteiger partial charge in [0, 0.05) is 17.3 Å². The van der Waals surface area contributed by atoms with Gasteiger partial charge >= 0.3 is 5.97 Å². The number of carbonyl (C=O) groups is 1. The molecule has 3 rings (SSSR count). The summed E-state index contributed by atoms with van der Waals surface area (Å²) in [5.41, 5.74) is 2.04. The van der Waals surface area contributed by atoms with Crippen LogP contribution in [0.5, 0.6) is 5.75 Å². The second-order valence-electron chi connectivity index (χ2n) is 6.05. The monoisotopic (exact) mass is 373 g/mol. The van der Waals surface area contributed by atoms with Crippen molar-refractivity contribution in [1.29, 1.82) is 0 Å². The van der Waals surface area contributed by atoms with Crippen molar-refractivity contribution in [3.63, 3.8) is 0 Å². The first-order valence-corrected chi connectivity index (χ1v) is 9.53. The first-order chi connectivity index (χ1) is 12.3. The number of H-pyrrole nitrogens is 1. The highest BCUT2D eigenvalue weighted by atomic mass is 32.2. The largest absolute Gasteiger partial charge is 0.497 e. The van der Waals surface area contributed by atoms with Crippen molar-refractivity contribution < 1.29 is 23.1 Å². The Bertz CT molecular complexity index is 1070. The Morgan fingerprint density at radius 3 is 2.46 bits per heavy atom. The van der Waals surface area contributed by atoms with Crippen LogP contribution in [-0.4, -0.2) is 31.6 Å². The zero-order valence-corrected chi connectivity index (χ0v) is 15.3. The van der Waals surface area contributed by atoms with Gasteiger partial charge in [0.2, 0.25) is 9.84 Å². The Morgan fingerprint density at radius 2 is 1.85 bits per heavy atom. The standard InChI is InChI=1S/C19H19NO5S/c1-12-3-6-14(7-4-12)26(23,24)19-15(8-10-18(21)22)16-11-13(25-2)5-9-17(16)20-19/h3-7,9,11,20H,8,10H2,1-2H3,(H,21,22). The molecule has 2 aromatic carbocycles. The van der Waals surface area contributed by atoms with Crippen LogP contribution in [0.25, 0.3) is 10.9 Å². The molecule has 0 aliphatic carbocycles. The average molecular weight is 373 g/mol. The van der Waals surface area contributed by atoms with Crippen molar-refractivity contribution in [3.8, 4) is 5.75 Å². The molecule has 7 heteroatoms. The molecule has 0 unspecified atom stereocenters. The van der Waals surface area contributed by atoms with Gasteiger partial charge in [0.1, 0.15) is 10.8 Å². The van der Waals surface area contributed by atoms with E-state index >= 15 is 0 Å². The van der Waals surface area contributed by atoms with E-state index in [0.717, 1.165) is 5.56 Å². The van der Waals surface area contributed by atoms with Crippen LogP contribution in [-0.2, 0) is 21.1 Å². The quantitative estimate of drug-likeness (QED) is 0.691. The summed E-state index contributed by atoms with van der Waals surface area (Å²) >= 11 is 0. The minimum absolute atomic E-state index is 0.0332. The summed E-state index contributed by atoms with van der Waals surface area (Å²) in [5.74, 6) is -0.409. The van der Waals surface area contributed by atoms with E-state index in [2.05, 4.69) is 4.98 Å². The molecule has 0 aliphatic heterocycles. The topological polar surface area (TPSA) is 96.5 Å². The molecule has 6 nitrogen and oxygen atoms in total. The van der Waals surface area contributed by atoms with E-state index in [4.69, 9.17) is 9.84 Å². The van der Waals surface area contributed by atoms with Crippen LogP contribution in [0.4, 0.5) is 0 Å². The first-order valence-electron chi connectivity index (χ1n) is 8.05. The van der Waals surface area contributed by atoms with E-state index in [-0.39, 0.29) is 22.8 Å². The van der Waals surface area contributed by atoms with Crippen LogP contribution in [0.3, 0.4) is 0 Å². The van der Waals surface area contributed by atoms with E-state index in [9.17, 15) is 13.2 Å². The third-order valence-electron chi connectivity index (χ3n) is 4.26. The third kappa shape index (κ3) is 3.30. The van der Waals surface area contributed by atoms with Crippen molar-refractivity contribution in [2.45, 2.75) is 29.7 Å². The molecule has 0 saturated carbocycles. The highest BCUT2D eigenvalue weighted by Crippen LogP contribution is 2.33. The number of ether oxygens (including phenoxy) is 1. The number of fused-ring (bicyclic) bond motifs is 1. The number of carboxylic acid groups (broad SMARTS) is 1. The second-order valence-corrected chi connectivity index (χ2v) is 7.94. The summed E-state index contributed by atoms with van der Waals surface area (Å²) in [5, 5.41) is 9.72. The van der Waals surface area contributed by atoms with Gasteiger partial charge < -0.3 is 14.8 Å². The average Bonchev–Trinajstić information content (AvgIpc) is 2.98. The Balaban J connectivity index is 2.21. The molecule has 1 aromatic heterocycles. The maximum Gasteiger partial charge on any atom is 0.303 e. The number of benzene rings is 2. The highest BCUT2D eigenvalue weighted by molar-refractivity contribution is 7.91. The molecule has 3 aromatic rings. The highest BCUT2D eigenvalue weighted by Gasteiger charge is 2.26. The molecule has 2 N–H and O–H groups in total. The number of carboxylic acids is 1. The van der Waals surface area contributed by atoms with Crippen LogP contribution >= 0.6 is 0 Å². The van der Waals surface area contributed by atoms with Gasteiger partial charge in [-0.2, -0.15) is 0 Å². The lowest BCUT2D eigenvalue weighted by atomic mass is 10.1. The molecule has 1 heterocycles. The molecule has 0 saturated heterocycles. The number of aliphatic carboxylic acids is 1. The Morgan fingerprint density at radius 1 is 1.15 bits per heavy atom. The molecule has 0 aliphatic rings. The summed E-state index contributed by atoms with van der Waals surface area (Å²) in [4.78, 5) is 14.2. The molecule has 26 heavy (non-hydrogen) atoms. The smallest absolute Gasteiger partial charge is 0.303 e. The SMILES string of the molecule is COc1ccc2[nH]c(S(=O)(=O)c3ccc(C)cc3)c(CCC(=O)O)c2c1. The molecule has 0 atom stereocenters. The number of rotatable bonds is 6. The number of hydrogen-bond donors (Lipinski definition) is 2. The van der Waals surface area contributed by atoms with Gasteiger partial charge in [-0.3, -0.25) is 4.79 Å². The van der Waals surface area contributed by atoms with Gasteiger partial charge in [0.05, 0.1) is 12.0 Å². The van der Waals surface area contributed by atoms with Crippen LogP contribution in [0.1, 0.15) is 17.5 Å². The Labute approximate surface area is 151 Å². The van der Waals surface area contributed by atoms with Gasteiger partial charge in [-0.1, -0.05) is 17.7 Å². The van der Waals surface area contributed by atoms with E-state index in [1.807, 2.05) is 6.92 Å². The number of nitrogens with one attached hydrogen (secondary N) is 1. The molecule has 0 fully saturated rings.